The number of aliphatic hydroxyl groups is 1. The number of hydrogen-bond donors (Lipinski definition) is 3. The van der Waals surface area contributed by atoms with E-state index in [9.17, 15) is 9.59 Å². The summed E-state index contributed by atoms with van der Waals surface area (Å²) in [5.74, 6) is -0.116. The van der Waals surface area contributed by atoms with Crippen molar-refractivity contribution in [3.63, 3.8) is 0 Å². The average Bonchev–Trinajstić information content (AvgIpc) is 3.32. The molecule has 3 N–H and O–H groups in total. The second-order valence-corrected chi connectivity index (χ2v) is 8.22. The third-order valence-corrected chi connectivity index (χ3v) is 5.75. The van der Waals surface area contributed by atoms with Crippen molar-refractivity contribution in [3.05, 3.63) is 77.3 Å². The number of imidazole rings is 1. The molecule has 0 spiro atoms. The van der Waals surface area contributed by atoms with E-state index in [0.717, 1.165) is 16.6 Å². The number of benzene rings is 2. The number of rotatable bonds is 10. The Labute approximate surface area is 203 Å². The van der Waals surface area contributed by atoms with Crippen molar-refractivity contribution in [1.29, 1.82) is 0 Å². The van der Waals surface area contributed by atoms with E-state index in [-0.39, 0.29) is 30.7 Å². The van der Waals surface area contributed by atoms with Gasteiger partial charge in [0.15, 0.2) is 5.76 Å². The lowest BCUT2D eigenvalue weighted by atomic mass is 9.92. The van der Waals surface area contributed by atoms with Crippen LogP contribution in [-0.2, 0) is 25.5 Å². The Hall–Kier alpha value is -3.69. The number of carbonyl (C=O) groups excluding carboxylic acids is 2. The number of aromatic amines is 1. The van der Waals surface area contributed by atoms with Crippen LogP contribution in [0.15, 0.2) is 60.4 Å². The number of H-pyrrole nitrogens is 1. The maximum atomic E-state index is 13.0. The number of ether oxygens (including phenoxy) is 3. The van der Waals surface area contributed by atoms with Gasteiger partial charge >= 0.3 is 5.97 Å². The van der Waals surface area contributed by atoms with Crippen molar-refractivity contribution in [2.45, 2.75) is 38.0 Å². The number of methoxy groups -OCH3 is 1. The smallest absolute Gasteiger partial charge is 0.337 e. The van der Waals surface area contributed by atoms with Gasteiger partial charge in [0, 0.05) is 18.9 Å². The monoisotopic (exact) mass is 479 g/mol. The third-order valence-electron chi connectivity index (χ3n) is 5.75. The molecule has 3 aromatic rings. The van der Waals surface area contributed by atoms with Gasteiger partial charge in [-0.25, -0.2) is 9.78 Å². The van der Waals surface area contributed by atoms with E-state index >= 15 is 0 Å². The lowest BCUT2D eigenvalue weighted by molar-refractivity contribution is -0.146. The predicted molar refractivity (Wildman–Crippen MR) is 128 cm³/mol. The number of fused-ring (bicyclic) bond motifs is 1. The first kappa shape index (κ1) is 24.4. The summed E-state index contributed by atoms with van der Waals surface area (Å²) in [7, 11) is 1.34. The van der Waals surface area contributed by atoms with Gasteiger partial charge in [0.05, 0.1) is 36.9 Å². The number of allylic oxidation sites excluding steroid dienone is 1. The lowest BCUT2D eigenvalue weighted by Crippen LogP contribution is -2.33. The fraction of sp³-hybridized carbons (Fsp3) is 0.346. The summed E-state index contributed by atoms with van der Waals surface area (Å²) < 4.78 is 16.5. The topological polar surface area (TPSA) is 123 Å². The predicted octanol–water partition coefficient (Wildman–Crippen LogP) is 3.17. The number of amides is 1. The molecule has 1 aromatic heterocycles. The minimum Gasteiger partial charge on any atom is -0.465 e. The minimum absolute atomic E-state index is 0.0966. The molecule has 4 rings (SSSR count). The fourth-order valence-electron chi connectivity index (χ4n) is 3.90. The van der Waals surface area contributed by atoms with E-state index in [4.69, 9.17) is 19.3 Å². The van der Waals surface area contributed by atoms with Crippen molar-refractivity contribution in [2.75, 3.05) is 20.3 Å². The molecule has 9 heteroatoms. The van der Waals surface area contributed by atoms with Crippen LogP contribution >= 0.6 is 0 Å². The standard InChI is InChI=1S/C26H29N3O6/c1-33-26(32)18-10-8-17(9-11-18)19-14-22(35-24(15-19)34-13-5-4-12-30)25(31)27-16-23-28-20-6-2-3-7-21(20)29-23/h2-3,6-11,14,19,24,30H,4-5,12-13,15-16H2,1H3,(H,27,31)(H,28,29)/t19-,24+/m0/s1. The van der Waals surface area contributed by atoms with E-state index in [0.29, 0.717) is 37.3 Å². The molecular weight excluding hydrogens is 450 g/mol. The molecule has 184 valence electrons. The Morgan fingerprint density at radius 2 is 1.97 bits per heavy atom. The number of nitrogens with zero attached hydrogens (tertiary/aromatic N) is 1. The second kappa shape index (κ2) is 11.6. The Kier molecular flexibility index (Phi) is 8.12. The molecule has 1 aliphatic heterocycles. The molecule has 0 fully saturated rings. The highest BCUT2D eigenvalue weighted by Gasteiger charge is 2.29. The maximum Gasteiger partial charge on any atom is 0.337 e. The zero-order chi connectivity index (χ0) is 24.6. The number of hydrogen-bond acceptors (Lipinski definition) is 7. The number of aromatic nitrogens is 2. The normalized spacial score (nSPS) is 17.5. The summed E-state index contributed by atoms with van der Waals surface area (Å²) in [6, 6.07) is 14.7. The number of unbranched alkanes of at least 4 members (excludes halogenated alkanes) is 1. The molecule has 0 saturated heterocycles. The van der Waals surface area contributed by atoms with Crippen LogP contribution in [0.5, 0.6) is 0 Å². The zero-order valence-corrected chi connectivity index (χ0v) is 19.5. The molecule has 0 radical (unpaired) electrons. The van der Waals surface area contributed by atoms with Crippen molar-refractivity contribution >= 4 is 22.9 Å². The lowest BCUT2D eigenvalue weighted by Gasteiger charge is -2.29. The summed E-state index contributed by atoms with van der Waals surface area (Å²) in [6.07, 6.45) is 2.99. The Balaban J connectivity index is 1.47. The van der Waals surface area contributed by atoms with Crippen LogP contribution < -0.4 is 5.32 Å². The Bertz CT molecular complexity index is 1150. The van der Waals surface area contributed by atoms with Crippen LogP contribution in [0.25, 0.3) is 11.0 Å². The summed E-state index contributed by atoms with van der Waals surface area (Å²) in [5.41, 5.74) is 3.11. The van der Waals surface area contributed by atoms with Crippen LogP contribution in [0.2, 0.25) is 0 Å². The summed E-state index contributed by atoms with van der Waals surface area (Å²) in [4.78, 5) is 32.4. The highest BCUT2D eigenvalue weighted by molar-refractivity contribution is 5.92. The first-order valence-corrected chi connectivity index (χ1v) is 11.6. The van der Waals surface area contributed by atoms with Gasteiger partial charge in [-0.05, 0) is 48.7 Å². The highest BCUT2D eigenvalue weighted by Crippen LogP contribution is 2.32. The first-order valence-electron chi connectivity index (χ1n) is 11.6. The first-order chi connectivity index (χ1) is 17.1. The van der Waals surface area contributed by atoms with E-state index < -0.39 is 12.3 Å². The highest BCUT2D eigenvalue weighted by atomic mass is 16.7. The number of aliphatic hydroxyl groups excluding tert-OH is 1. The molecule has 2 atom stereocenters. The number of nitrogens with one attached hydrogen (secondary N) is 2. The third kappa shape index (κ3) is 6.26. The van der Waals surface area contributed by atoms with Gasteiger partial charge in [-0.15, -0.1) is 0 Å². The Morgan fingerprint density at radius 1 is 1.17 bits per heavy atom. The molecule has 0 saturated carbocycles. The summed E-state index contributed by atoms with van der Waals surface area (Å²) >= 11 is 0. The summed E-state index contributed by atoms with van der Waals surface area (Å²) in [5, 5.41) is 11.9. The molecule has 0 aliphatic carbocycles. The van der Waals surface area contributed by atoms with Gasteiger partial charge < -0.3 is 29.6 Å². The van der Waals surface area contributed by atoms with E-state index in [2.05, 4.69) is 15.3 Å². The minimum atomic E-state index is -0.615. The van der Waals surface area contributed by atoms with Crippen LogP contribution in [0.1, 0.15) is 46.9 Å². The van der Waals surface area contributed by atoms with Crippen molar-refractivity contribution in [2.24, 2.45) is 0 Å². The number of esters is 1. The van der Waals surface area contributed by atoms with Crippen LogP contribution in [0, 0.1) is 0 Å². The van der Waals surface area contributed by atoms with E-state index in [1.165, 1.54) is 7.11 Å². The van der Waals surface area contributed by atoms with Gasteiger partial charge in [0.2, 0.25) is 6.29 Å². The van der Waals surface area contributed by atoms with E-state index in [1.54, 1.807) is 18.2 Å². The van der Waals surface area contributed by atoms with Crippen LogP contribution in [0.3, 0.4) is 0 Å². The van der Waals surface area contributed by atoms with Crippen molar-refractivity contribution in [3.8, 4) is 0 Å². The molecule has 35 heavy (non-hydrogen) atoms. The molecule has 0 unspecified atom stereocenters. The van der Waals surface area contributed by atoms with Crippen LogP contribution in [0.4, 0.5) is 0 Å². The van der Waals surface area contributed by atoms with E-state index in [1.807, 2.05) is 36.4 Å². The largest absolute Gasteiger partial charge is 0.465 e. The van der Waals surface area contributed by atoms with Gasteiger partial charge in [-0.2, -0.15) is 0 Å². The molecule has 9 nitrogen and oxygen atoms in total. The SMILES string of the molecule is COC(=O)c1ccc([C@H]2C=C(C(=O)NCc3nc4ccccc4[nH]3)O[C@@H](OCCCCO)C2)cc1. The molecule has 1 amide bonds. The fourth-order valence-corrected chi connectivity index (χ4v) is 3.90. The average molecular weight is 480 g/mol. The van der Waals surface area contributed by atoms with Gasteiger partial charge in [0.1, 0.15) is 5.82 Å². The second-order valence-electron chi connectivity index (χ2n) is 8.22. The molecule has 2 aromatic carbocycles. The molecular formula is C26H29N3O6. The maximum absolute atomic E-state index is 13.0. The van der Waals surface area contributed by atoms with Gasteiger partial charge in [-0.3, -0.25) is 4.79 Å². The van der Waals surface area contributed by atoms with Crippen molar-refractivity contribution in [1.82, 2.24) is 15.3 Å². The molecule has 0 bridgehead atoms. The summed E-state index contributed by atoms with van der Waals surface area (Å²) in [6.45, 7) is 0.723. The zero-order valence-electron chi connectivity index (χ0n) is 19.5. The molecule has 2 heterocycles. The quantitative estimate of drug-likeness (QED) is 0.301. The van der Waals surface area contributed by atoms with Gasteiger partial charge in [0.25, 0.3) is 5.91 Å². The van der Waals surface area contributed by atoms with Crippen LogP contribution in [-0.4, -0.2) is 53.6 Å². The number of carbonyl (C=O) groups is 2. The Morgan fingerprint density at radius 3 is 2.71 bits per heavy atom. The van der Waals surface area contributed by atoms with Gasteiger partial charge in [-0.1, -0.05) is 24.3 Å². The van der Waals surface area contributed by atoms with Crippen molar-refractivity contribution < 1.29 is 28.9 Å². The molecule has 1 aliphatic rings. The number of para-hydroxylation sites is 2.